The first-order valence-corrected chi connectivity index (χ1v) is 11.2. The van der Waals surface area contributed by atoms with Gasteiger partial charge < -0.3 is 14.2 Å². The first-order valence-electron chi connectivity index (χ1n) is 10.1. The zero-order valence-electron chi connectivity index (χ0n) is 18.1. The molecule has 0 fully saturated rings. The third-order valence-corrected chi connectivity index (χ3v) is 5.47. The molecule has 3 aromatic rings. The number of benzene rings is 3. The van der Waals surface area contributed by atoms with Gasteiger partial charge in [0.05, 0.1) is 22.2 Å². The van der Waals surface area contributed by atoms with Gasteiger partial charge in [-0.2, -0.15) is 0 Å². The molecule has 0 aliphatic rings. The second-order valence-electron chi connectivity index (χ2n) is 6.90. The molecule has 0 aromatic heterocycles. The number of halogens is 1. The molecule has 0 bridgehead atoms. The maximum absolute atomic E-state index is 12.5. The van der Waals surface area contributed by atoms with E-state index in [4.69, 9.17) is 14.2 Å². The molecule has 0 N–H and O–H groups in total. The average molecular weight is 559 g/mol. The topological polar surface area (TPSA) is 87.9 Å². The Balaban J connectivity index is 1.76. The lowest BCUT2D eigenvalue weighted by atomic mass is 10.1. The summed E-state index contributed by atoms with van der Waals surface area (Å²) in [4.78, 5) is 22.9. The van der Waals surface area contributed by atoms with Crippen LogP contribution in [0.15, 0.2) is 66.7 Å². The SMILES string of the molecule is CCOc1cc(/C=C/C(=O)c2ccc(OC)cc2)cc(I)c1OCc1ccc([N+](=O)[O-])cc1. The van der Waals surface area contributed by atoms with Crippen LogP contribution in [0.2, 0.25) is 0 Å². The van der Waals surface area contributed by atoms with E-state index in [0.29, 0.717) is 29.4 Å². The molecule has 33 heavy (non-hydrogen) atoms. The van der Waals surface area contributed by atoms with Crippen LogP contribution in [0.5, 0.6) is 17.2 Å². The van der Waals surface area contributed by atoms with Crippen molar-refractivity contribution < 1.29 is 23.9 Å². The second-order valence-corrected chi connectivity index (χ2v) is 8.06. The van der Waals surface area contributed by atoms with Crippen molar-refractivity contribution in [2.75, 3.05) is 13.7 Å². The summed E-state index contributed by atoms with van der Waals surface area (Å²) in [6, 6.07) is 16.8. The van der Waals surface area contributed by atoms with Gasteiger partial charge in [0, 0.05) is 17.7 Å². The van der Waals surface area contributed by atoms with Crippen molar-refractivity contribution in [1.29, 1.82) is 0 Å². The van der Waals surface area contributed by atoms with Gasteiger partial charge in [0.1, 0.15) is 12.4 Å². The van der Waals surface area contributed by atoms with E-state index < -0.39 is 4.92 Å². The maximum Gasteiger partial charge on any atom is 0.269 e. The smallest absolute Gasteiger partial charge is 0.269 e. The number of ether oxygens (including phenoxy) is 3. The molecule has 0 spiro atoms. The largest absolute Gasteiger partial charge is 0.497 e. The van der Waals surface area contributed by atoms with Gasteiger partial charge in [-0.3, -0.25) is 14.9 Å². The minimum Gasteiger partial charge on any atom is -0.497 e. The minimum absolute atomic E-state index is 0.0312. The van der Waals surface area contributed by atoms with Gasteiger partial charge in [0.15, 0.2) is 17.3 Å². The van der Waals surface area contributed by atoms with E-state index >= 15 is 0 Å². The van der Waals surface area contributed by atoms with Crippen LogP contribution in [0.1, 0.15) is 28.4 Å². The van der Waals surface area contributed by atoms with Crippen molar-refractivity contribution >= 4 is 40.1 Å². The highest BCUT2D eigenvalue weighted by Crippen LogP contribution is 2.35. The number of hydrogen-bond acceptors (Lipinski definition) is 6. The summed E-state index contributed by atoms with van der Waals surface area (Å²) in [6.07, 6.45) is 3.25. The molecule has 8 heteroatoms. The highest BCUT2D eigenvalue weighted by atomic mass is 127. The molecule has 0 aliphatic carbocycles. The molecule has 3 rings (SSSR count). The van der Waals surface area contributed by atoms with Crippen molar-refractivity contribution in [1.82, 2.24) is 0 Å². The Morgan fingerprint density at radius 2 is 1.76 bits per heavy atom. The molecule has 0 atom stereocenters. The van der Waals surface area contributed by atoms with Gasteiger partial charge in [-0.25, -0.2) is 0 Å². The molecule has 7 nitrogen and oxygen atoms in total. The summed E-state index contributed by atoms with van der Waals surface area (Å²) in [5, 5.41) is 10.8. The third-order valence-electron chi connectivity index (χ3n) is 4.66. The Kier molecular flexibility index (Phi) is 8.42. The summed E-state index contributed by atoms with van der Waals surface area (Å²) < 4.78 is 17.7. The van der Waals surface area contributed by atoms with E-state index in [1.54, 1.807) is 49.6 Å². The lowest BCUT2D eigenvalue weighted by molar-refractivity contribution is -0.384. The van der Waals surface area contributed by atoms with Crippen molar-refractivity contribution in [2.45, 2.75) is 13.5 Å². The lowest BCUT2D eigenvalue weighted by Gasteiger charge is -2.15. The van der Waals surface area contributed by atoms with E-state index in [1.165, 1.54) is 18.2 Å². The quantitative estimate of drug-likeness (QED) is 0.0984. The highest BCUT2D eigenvalue weighted by molar-refractivity contribution is 14.1. The minimum atomic E-state index is -0.438. The predicted octanol–water partition coefficient (Wildman–Crippen LogP) is 6.08. The van der Waals surface area contributed by atoms with Crippen LogP contribution in [0, 0.1) is 13.7 Å². The van der Waals surface area contributed by atoms with E-state index in [0.717, 1.165) is 14.7 Å². The Bertz CT molecular complexity index is 1160. The monoisotopic (exact) mass is 559 g/mol. The molecular formula is C25H22INO6. The number of nitro benzene ring substituents is 1. The summed E-state index contributed by atoms with van der Waals surface area (Å²) in [7, 11) is 1.58. The molecule has 3 aromatic carbocycles. The van der Waals surface area contributed by atoms with Crippen LogP contribution >= 0.6 is 22.6 Å². The normalized spacial score (nSPS) is 10.8. The zero-order chi connectivity index (χ0) is 23.8. The van der Waals surface area contributed by atoms with Gasteiger partial charge in [0.25, 0.3) is 5.69 Å². The van der Waals surface area contributed by atoms with Gasteiger partial charge in [-0.1, -0.05) is 6.08 Å². The molecule has 0 aliphatic heterocycles. The Hall–Kier alpha value is -3.40. The van der Waals surface area contributed by atoms with Crippen molar-refractivity contribution in [3.63, 3.8) is 0 Å². The number of non-ortho nitro benzene ring substituents is 1. The first-order chi connectivity index (χ1) is 15.9. The van der Waals surface area contributed by atoms with Crippen LogP contribution < -0.4 is 14.2 Å². The number of nitro groups is 1. The summed E-state index contributed by atoms with van der Waals surface area (Å²) >= 11 is 2.16. The molecule has 0 heterocycles. The number of allylic oxidation sites excluding steroid dienone is 1. The fourth-order valence-corrected chi connectivity index (χ4v) is 3.76. The van der Waals surface area contributed by atoms with E-state index in [1.807, 2.05) is 19.1 Å². The van der Waals surface area contributed by atoms with Crippen LogP contribution in [0.25, 0.3) is 6.08 Å². The van der Waals surface area contributed by atoms with Crippen LogP contribution in [-0.4, -0.2) is 24.4 Å². The molecule has 170 valence electrons. The van der Waals surface area contributed by atoms with Crippen LogP contribution in [-0.2, 0) is 6.61 Å². The summed E-state index contributed by atoms with van der Waals surface area (Å²) in [5.74, 6) is 1.71. The number of nitrogens with zero attached hydrogens (tertiary/aromatic N) is 1. The highest BCUT2D eigenvalue weighted by Gasteiger charge is 2.13. The summed E-state index contributed by atoms with van der Waals surface area (Å²) in [5.41, 5.74) is 2.19. The number of rotatable bonds is 10. The number of carbonyl (C=O) groups excluding carboxylic acids is 1. The molecular weight excluding hydrogens is 537 g/mol. The van der Waals surface area contributed by atoms with Crippen LogP contribution in [0.3, 0.4) is 0 Å². The molecule has 0 saturated heterocycles. The molecule has 0 unspecified atom stereocenters. The number of carbonyl (C=O) groups is 1. The zero-order valence-corrected chi connectivity index (χ0v) is 20.3. The first kappa shape index (κ1) is 24.2. The van der Waals surface area contributed by atoms with E-state index in [-0.39, 0.29) is 18.1 Å². The van der Waals surface area contributed by atoms with E-state index in [2.05, 4.69) is 22.6 Å². The number of hydrogen-bond donors (Lipinski definition) is 0. The molecule has 0 saturated carbocycles. The fourth-order valence-electron chi connectivity index (χ4n) is 2.98. The average Bonchev–Trinajstić information content (AvgIpc) is 2.82. The Morgan fingerprint density at radius 1 is 1.06 bits per heavy atom. The fraction of sp³-hybridized carbons (Fsp3) is 0.160. The molecule has 0 radical (unpaired) electrons. The number of ketones is 1. The summed E-state index contributed by atoms with van der Waals surface area (Å²) in [6.45, 7) is 2.56. The Morgan fingerprint density at radius 3 is 2.36 bits per heavy atom. The van der Waals surface area contributed by atoms with Gasteiger partial charge in [-0.15, -0.1) is 0 Å². The van der Waals surface area contributed by atoms with Crippen molar-refractivity contribution in [3.8, 4) is 17.2 Å². The maximum atomic E-state index is 12.5. The third kappa shape index (κ3) is 6.55. The second kappa shape index (κ2) is 11.5. The lowest BCUT2D eigenvalue weighted by Crippen LogP contribution is -2.02. The van der Waals surface area contributed by atoms with E-state index in [9.17, 15) is 14.9 Å². The Labute approximate surface area is 205 Å². The van der Waals surface area contributed by atoms with Gasteiger partial charge in [-0.05, 0) is 95.2 Å². The predicted molar refractivity (Wildman–Crippen MR) is 134 cm³/mol. The molecule has 0 amide bonds. The van der Waals surface area contributed by atoms with Crippen LogP contribution in [0.4, 0.5) is 5.69 Å². The van der Waals surface area contributed by atoms with Gasteiger partial charge in [0.2, 0.25) is 0 Å². The van der Waals surface area contributed by atoms with Crippen molar-refractivity contribution in [2.24, 2.45) is 0 Å². The standard InChI is InChI=1S/C25H22INO6/c1-3-32-24-15-18(6-13-23(28)19-7-11-21(31-2)12-8-19)14-22(26)25(24)33-16-17-4-9-20(10-5-17)27(29)30/h4-15H,3,16H2,1-2H3/b13-6+. The number of methoxy groups -OCH3 is 1. The van der Waals surface area contributed by atoms with Crippen molar-refractivity contribution in [3.05, 3.63) is 97.1 Å². The van der Waals surface area contributed by atoms with Gasteiger partial charge >= 0.3 is 0 Å².